The molecule has 150 valence electrons. The van der Waals surface area contributed by atoms with E-state index in [1.165, 1.54) is 18.3 Å². The minimum absolute atomic E-state index is 0.220. The lowest BCUT2D eigenvalue weighted by Gasteiger charge is -2.10. The fourth-order valence-corrected chi connectivity index (χ4v) is 3.95. The Balaban J connectivity index is 1.54. The molecule has 0 saturated carbocycles. The molecule has 0 fully saturated rings. The Morgan fingerprint density at radius 1 is 1.31 bits per heavy atom. The Morgan fingerprint density at radius 2 is 2.07 bits per heavy atom. The highest BCUT2D eigenvalue weighted by molar-refractivity contribution is 7.09. The molecule has 3 heterocycles. The van der Waals surface area contributed by atoms with Gasteiger partial charge in [0.25, 0.3) is 0 Å². The lowest BCUT2D eigenvalue weighted by Crippen LogP contribution is -2.16. The molecule has 1 aliphatic rings. The van der Waals surface area contributed by atoms with Crippen LogP contribution in [0.5, 0.6) is 0 Å². The van der Waals surface area contributed by atoms with Gasteiger partial charge in [0.2, 0.25) is 0 Å². The molecule has 0 aliphatic carbocycles. The summed E-state index contributed by atoms with van der Waals surface area (Å²) < 4.78 is 39.8. The first-order valence-electron chi connectivity index (χ1n) is 8.69. The Kier molecular flexibility index (Phi) is 4.95. The molecule has 0 saturated heterocycles. The Bertz CT molecular complexity index is 1060. The molecule has 0 spiro atoms. The summed E-state index contributed by atoms with van der Waals surface area (Å²) in [6.45, 7) is 1.47. The van der Waals surface area contributed by atoms with E-state index in [1.54, 1.807) is 5.38 Å². The molecule has 10 heteroatoms. The molecule has 29 heavy (non-hydrogen) atoms. The molecule has 2 aromatic heterocycles. The first-order chi connectivity index (χ1) is 13.9. The van der Waals surface area contributed by atoms with Gasteiger partial charge in [-0.2, -0.15) is 18.3 Å². The van der Waals surface area contributed by atoms with Gasteiger partial charge in [0.1, 0.15) is 5.01 Å². The van der Waals surface area contributed by atoms with E-state index in [1.807, 2.05) is 30.3 Å². The third-order valence-electron chi connectivity index (χ3n) is 4.50. The van der Waals surface area contributed by atoms with Crippen molar-refractivity contribution in [2.45, 2.75) is 31.7 Å². The van der Waals surface area contributed by atoms with E-state index in [-0.39, 0.29) is 5.69 Å². The van der Waals surface area contributed by atoms with E-state index >= 15 is 0 Å². The molecule has 4 rings (SSSR count). The van der Waals surface area contributed by atoms with Crippen LogP contribution in [0.2, 0.25) is 0 Å². The molecule has 2 atom stereocenters. The van der Waals surface area contributed by atoms with Crippen LogP contribution in [-0.2, 0) is 15.8 Å². The second-order valence-electron chi connectivity index (χ2n) is 6.51. The first-order valence-corrected chi connectivity index (χ1v) is 9.57. The topological polar surface area (TPSA) is 69.4 Å². The molecule has 6 nitrogen and oxygen atoms in total. The number of rotatable bonds is 5. The highest BCUT2D eigenvalue weighted by Crippen LogP contribution is 2.33. The molecular weight excluding hydrogens is 405 g/mol. The van der Waals surface area contributed by atoms with Crippen LogP contribution in [0.1, 0.15) is 46.2 Å². The summed E-state index contributed by atoms with van der Waals surface area (Å²) in [6.07, 6.45) is -3.95. The zero-order valence-corrected chi connectivity index (χ0v) is 15.9. The van der Waals surface area contributed by atoms with Gasteiger partial charge in [-0.3, -0.25) is 4.68 Å². The maximum Gasteiger partial charge on any atom is 0.435 e. The molecule has 0 N–H and O–H groups in total. The minimum atomic E-state index is -4.58. The maximum absolute atomic E-state index is 12.9. The number of halogens is 3. The molecule has 1 aromatic carbocycles. The van der Waals surface area contributed by atoms with Crippen LogP contribution >= 0.6 is 11.3 Å². The largest absolute Gasteiger partial charge is 0.435 e. The molecule has 3 aromatic rings. The van der Waals surface area contributed by atoms with Crippen molar-refractivity contribution in [3.63, 3.8) is 0 Å². The Labute approximate surface area is 167 Å². The number of thiazole rings is 1. The fraction of sp³-hybridized carbons (Fsp3) is 0.263. The zero-order valence-electron chi connectivity index (χ0n) is 15.1. The van der Waals surface area contributed by atoms with Gasteiger partial charge in [-0.25, -0.2) is 4.98 Å². The van der Waals surface area contributed by atoms with Crippen molar-refractivity contribution in [2.24, 2.45) is 5.16 Å². The highest BCUT2D eigenvalue weighted by atomic mass is 32.1. The minimum Gasteiger partial charge on any atom is -0.385 e. The van der Waals surface area contributed by atoms with Crippen molar-refractivity contribution in [3.8, 4) is 0 Å². The monoisotopic (exact) mass is 420 g/mol. The van der Waals surface area contributed by atoms with Crippen molar-refractivity contribution in [3.05, 3.63) is 69.4 Å². The molecule has 1 aliphatic heterocycles. The van der Waals surface area contributed by atoms with Crippen LogP contribution in [0.15, 0.2) is 46.9 Å². The zero-order chi connectivity index (χ0) is 20.6. The van der Waals surface area contributed by atoms with Crippen molar-refractivity contribution < 1.29 is 22.8 Å². The van der Waals surface area contributed by atoms with E-state index < -0.39 is 24.0 Å². The van der Waals surface area contributed by atoms with Gasteiger partial charge < -0.3 is 9.63 Å². The van der Waals surface area contributed by atoms with Crippen LogP contribution in [0.3, 0.4) is 0 Å². The average molecular weight is 420 g/mol. The number of carbonyl (C=O) groups excluding carboxylic acids is 1. The van der Waals surface area contributed by atoms with Crippen LogP contribution < -0.4 is 0 Å². The fourth-order valence-electron chi connectivity index (χ4n) is 3.05. The molecular formula is C19H15F3N4O2S. The van der Waals surface area contributed by atoms with Crippen molar-refractivity contribution in [1.82, 2.24) is 14.8 Å². The number of alkyl halides is 3. The number of hydrogen-bond acceptors (Lipinski definition) is 6. The number of carbonyl (C=O) groups is 1. The van der Waals surface area contributed by atoms with Crippen LogP contribution in [0.4, 0.5) is 13.2 Å². The van der Waals surface area contributed by atoms with Gasteiger partial charge in [-0.05, 0) is 18.6 Å². The van der Waals surface area contributed by atoms with Gasteiger partial charge in [0.05, 0.1) is 11.4 Å². The smallest absolute Gasteiger partial charge is 0.385 e. The standard InChI is InChI=1S/C19H15F3N4O2S/c1-11-7-17(19(20,21)22)24-26(11)15(9-27)18-23-14(10-29-18)16-8-13(25-28-16)12-5-3-2-4-6-12/h2-7,9-10,15-16H,8H2,1H3. The van der Waals surface area contributed by atoms with Gasteiger partial charge in [0.15, 0.2) is 24.1 Å². The normalized spacial score (nSPS) is 17.7. The van der Waals surface area contributed by atoms with Crippen LogP contribution in [0.25, 0.3) is 0 Å². The van der Waals surface area contributed by atoms with Gasteiger partial charge >= 0.3 is 6.18 Å². The lowest BCUT2D eigenvalue weighted by molar-refractivity contribution is -0.141. The number of oxime groups is 1. The van der Waals surface area contributed by atoms with Crippen molar-refractivity contribution >= 4 is 23.3 Å². The summed E-state index contributed by atoms with van der Waals surface area (Å²) in [5.41, 5.74) is 1.49. The molecule has 2 unspecified atom stereocenters. The predicted molar refractivity (Wildman–Crippen MR) is 99.7 cm³/mol. The lowest BCUT2D eigenvalue weighted by atomic mass is 10.0. The van der Waals surface area contributed by atoms with Crippen molar-refractivity contribution in [2.75, 3.05) is 0 Å². The van der Waals surface area contributed by atoms with Gasteiger partial charge in [-0.15, -0.1) is 11.3 Å². The molecule has 0 bridgehead atoms. The summed E-state index contributed by atoms with van der Waals surface area (Å²) in [4.78, 5) is 21.6. The van der Waals surface area contributed by atoms with Gasteiger partial charge in [-0.1, -0.05) is 35.5 Å². The average Bonchev–Trinajstić information content (AvgIpc) is 3.43. The summed E-state index contributed by atoms with van der Waals surface area (Å²) in [5.74, 6) is 0. The summed E-state index contributed by atoms with van der Waals surface area (Å²) in [7, 11) is 0. The van der Waals surface area contributed by atoms with E-state index in [4.69, 9.17) is 4.84 Å². The van der Waals surface area contributed by atoms with E-state index in [0.717, 1.165) is 22.0 Å². The number of hydrogen-bond donors (Lipinski definition) is 0. The van der Waals surface area contributed by atoms with E-state index in [9.17, 15) is 18.0 Å². The van der Waals surface area contributed by atoms with E-state index in [2.05, 4.69) is 15.2 Å². The van der Waals surface area contributed by atoms with Crippen LogP contribution in [-0.4, -0.2) is 26.8 Å². The quantitative estimate of drug-likeness (QED) is 0.577. The molecule has 0 radical (unpaired) electrons. The summed E-state index contributed by atoms with van der Waals surface area (Å²) >= 11 is 1.17. The molecule has 0 amide bonds. The van der Waals surface area contributed by atoms with Gasteiger partial charge in [0, 0.05) is 17.5 Å². The predicted octanol–water partition coefficient (Wildman–Crippen LogP) is 4.32. The number of nitrogens with zero attached hydrogens (tertiary/aromatic N) is 4. The third kappa shape index (κ3) is 3.80. The Hall–Kier alpha value is -3.01. The number of aromatic nitrogens is 3. The SMILES string of the molecule is Cc1cc(C(F)(F)F)nn1C(C=O)c1nc(C2CC(c3ccccc3)=NO2)cs1. The second-order valence-corrected chi connectivity index (χ2v) is 7.40. The van der Waals surface area contributed by atoms with E-state index in [0.29, 0.717) is 23.4 Å². The Morgan fingerprint density at radius 3 is 2.72 bits per heavy atom. The number of benzene rings is 1. The first kappa shape index (κ1) is 19.3. The number of aryl methyl sites for hydroxylation is 1. The summed E-state index contributed by atoms with van der Waals surface area (Å²) in [5, 5.41) is 9.74. The van der Waals surface area contributed by atoms with Crippen LogP contribution in [0, 0.1) is 6.92 Å². The summed E-state index contributed by atoms with van der Waals surface area (Å²) in [6, 6.07) is 9.44. The second kappa shape index (κ2) is 7.43. The van der Waals surface area contributed by atoms with Crippen molar-refractivity contribution in [1.29, 1.82) is 0 Å². The third-order valence-corrected chi connectivity index (χ3v) is 5.44. The highest BCUT2D eigenvalue weighted by Gasteiger charge is 2.36. The number of aldehydes is 1. The maximum atomic E-state index is 12.9.